The number of phenols is 1. The third-order valence-corrected chi connectivity index (χ3v) is 5.66. The van der Waals surface area contributed by atoms with Crippen molar-refractivity contribution in [3.63, 3.8) is 0 Å². The van der Waals surface area contributed by atoms with E-state index in [9.17, 15) is 19.8 Å². The Morgan fingerprint density at radius 1 is 1.00 bits per heavy atom. The Kier molecular flexibility index (Phi) is 5.73. The van der Waals surface area contributed by atoms with E-state index >= 15 is 0 Å². The first-order valence-electron chi connectivity index (χ1n) is 10.4. The van der Waals surface area contributed by atoms with Crippen molar-refractivity contribution in [3.05, 3.63) is 89.6 Å². The van der Waals surface area contributed by atoms with Crippen molar-refractivity contribution in [2.75, 3.05) is 22.9 Å². The minimum atomic E-state index is -0.875. The van der Waals surface area contributed by atoms with Crippen molar-refractivity contribution in [1.82, 2.24) is 0 Å². The average molecular weight is 432 g/mol. The summed E-state index contributed by atoms with van der Waals surface area (Å²) in [4.78, 5) is 29.9. The van der Waals surface area contributed by atoms with Crippen molar-refractivity contribution < 1.29 is 24.2 Å². The quantitative estimate of drug-likeness (QED) is 0.530. The van der Waals surface area contributed by atoms with Gasteiger partial charge in [-0.1, -0.05) is 12.1 Å². The number of nitrogens with zero attached hydrogens (tertiary/aromatic N) is 2. The maximum absolute atomic E-state index is 13.2. The average Bonchev–Trinajstić information content (AvgIpc) is 3.43. The zero-order valence-electron chi connectivity index (χ0n) is 17.9. The molecule has 0 spiro atoms. The summed E-state index contributed by atoms with van der Waals surface area (Å²) in [6.07, 6.45) is 1.36. The molecular weight excluding hydrogens is 408 g/mol. The molecule has 0 aliphatic carbocycles. The summed E-state index contributed by atoms with van der Waals surface area (Å²) in [5, 5.41) is 20.4. The summed E-state index contributed by atoms with van der Waals surface area (Å²) >= 11 is 0. The SMILES string of the molecule is CCN(CC)c1ccc(N2C(=O)C(O)=C(C(=O)c3ccco3)C2c2ccc(O)cc2)cc1. The van der Waals surface area contributed by atoms with Crippen LogP contribution in [0.5, 0.6) is 5.75 Å². The van der Waals surface area contributed by atoms with Crippen molar-refractivity contribution in [1.29, 1.82) is 0 Å². The molecule has 4 rings (SSSR count). The zero-order valence-corrected chi connectivity index (χ0v) is 17.9. The van der Waals surface area contributed by atoms with Crippen LogP contribution in [0.25, 0.3) is 0 Å². The molecule has 0 fully saturated rings. The summed E-state index contributed by atoms with van der Waals surface area (Å²) in [7, 11) is 0. The summed E-state index contributed by atoms with van der Waals surface area (Å²) in [5.41, 5.74) is 2.06. The predicted molar refractivity (Wildman–Crippen MR) is 121 cm³/mol. The van der Waals surface area contributed by atoms with Gasteiger partial charge in [-0.15, -0.1) is 0 Å². The van der Waals surface area contributed by atoms with Crippen LogP contribution in [0.1, 0.15) is 36.0 Å². The van der Waals surface area contributed by atoms with Gasteiger partial charge in [-0.3, -0.25) is 14.5 Å². The van der Waals surface area contributed by atoms with Crippen LogP contribution in [-0.2, 0) is 4.79 Å². The molecule has 2 heterocycles. The highest BCUT2D eigenvalue weighted by Gasteiger charge is 2.45. The molecule has 1 aliphatic rings. The summed E-state index contributed by atoms with van der Waals surface area (Å²) < 4.78 is 5.23. The van der Waals surface area contributed by atoms with E-state index in [4.69, 9.17) is 4.42 Å². The molecule has 32 heavy (non-hydrogen) atoms. The standard InChI is InChI=1S/C25H24N2O5/c1-3-26(4-2)17-9-11-18(12-10-17)27-22(16-7-13-19(28)14-8-16)21(24(30)25(27)31)23(29)20-6-5-15-32-20/h5-15,22,28,30H,3-4H2,1-2H3. The largest absolute Gasteiger partial charge is 0.508 e. The van der Waals surface area contributed by atoms with Crippen LogP contribution < -0.4 is 9.80 Å². The molecule has 0 saturated heterocycles. The fraction of sp³-hybridized carbons (Fsp3) is 0.200. The number of aliphatic hydroxyl groups is 1. The van der Waals surface area contributed by atoms with Gasteiger partial charge >= 0.3 is 0 Å². The molecule has 0 bridgehead atoms. The second-order valence-corrected chi connectivity index (χ2v) is 7.43. The Morgan fingerprint density at radius 2 is 1.66 bits per heavy atom. The Labute approximate surface area is 185 Å². The number of amides is 1. The van der Waals surface area contributed by atoms with Crippen LogP contribution in [0.3, 0.4) is 0 Å². The van der Waals surface area contributed by atoms with Gasteiger partial charge in [-0.25, -0.2) is 0 Å². The lowest BCUT2D eigenvalue weighted by Crippen LogP contribution is -2.31. The van der Waals surface area contributed by atoms with E-state index in [-0.39, 0.29) is 17.1 Å². The smallest absolute Gasteiger partial charge is 0.294 e. The lowest BCUT2D eigenvalue weighted by Gasteiger charge is -2.28. The first-order valence-corrected chi connectivity index (χ1v) is 10.4. The lowest BCUT2D eigenvalue weighted by atomic mass is 9.94. The minimum absolute atomic E-state index is 0.0295. The molecular formula is C25H24N2O5. The third-order valence-electron chi connectivity index (χ3n) is 5.66. The molecule has 0 radical (unpaired) electrons. The number of aliphatic hydroxyl groups excluding tert-OH is 1. The Morgan fingerprint density at radius 3 is 2.22 bits per heavy atom. The summed E-state index contributed by atoms with van der Waals surface area (Å²) in [6.45, 7) is 5.82. The number of hydrogen-bond acceptors (Lipinski definition) is 6. The first kappa shape index (κ1) is 21.2. The van der Waals surface area contributed by atoms with Gasteiger partial charge in [-0.05, 0) is 67.9 Å². The third kappa shape index (κ3) is 3.62. The highest BCUT2D eigenvalue weighted by molar-refractivity contribution is 6.20. The molecule has 3 aromatic rings. The molecule has 1 aromatic heterocycles. The number of furan rings is 1. The highest BCUT2D eigenvalue weighted by atomic mass is 16.3. The van der Waals surface area contributed by atoms with Crippen molar-refractivity contribution in [2.45, 2.75) is 19.9 Å². The molecule has 7 nitrogen and oxygen atoms in total. The van der Waals surface area contributed by atoms with Crippen molar-refractivity contribution in [2.24, 2.45) is 0 Å². The minimum Gasteiger partial charge on any atom is -0.508 e. The number of ketones is 1. The van der Waals surface area contributed by atoms with Gasteiger partial charge in [0.25, 0.3) is 5.91 Å². The Bertz CT molecular complexity index is 1140. The van der Waals surface area contributed by atoms with Gasteiger partial charge < -0.3 is 19.5 Å². The molecule has 1 amide bonds. The van der Waals surface area contributed by atoms with E-state index in [1.54, 1.807) is 30.3 Å². The number of phenolic OH excluding ortho intramolecular Hbond substituents is 1. The normalized spacial score (nSPS) is 16.0. The van der Waals surface area contributed by atoms with Crippen LogP contribution in [0.2, 0.25) is 0 Å². The zero-order chi connectivity index (χ0) is 22.8. The van der Waals surface area contributed by atoms with E-state index in [0.29, 0.717) is 11.3 Å². The lowest BCUT2D eigenvalue weighted by molar-refractivity contribution is -0.117. The number of anilines is 2. The molecule has 1 aliphatic heterocycles. The van der Waals surface area contributed by atoms with Gasteiger partial charge in [0.05, 0.1) is 17.9 Å². The maximum Gasteiger partial charge on any atom is 0.294 e. The van der Waals surface area contributed by atoms with Gasteiger partial charge in [0, 0.05) is 24.5 Å². The number of benzene rings is 2. The molecule has 0 saturated carbocycles. The number of aromatic hydroxyl groups is 1. The number of carbonyl (C=O) groups is 2. The molecule has 1 unspecified atom stereocenters. The fourth-order valence-electron chi connectivity index (χ4n) is 4.03. The Hall–Kier alpha value is -4.00. The van der Waals surface area contributed by atoms with E-state index < -0.39 is 23.5 Å². The van der Waals surface area contributed by atoms with Crippen LogP contribution in [0.15, 0.2) is 82.7 Å². The van der Waals surface area contributed by atoms with Crippen LogP contribution >= 0.6 is 0 Å². The molecule has 1 atom stereocenters. The summed E-state index contributed by atoms with van der Waals surface area (Å²) in [6, 6.07) is 15.8. The van der Waals surface area contributed by atoms with Gasteiger partial charge in [0.2, 0.25) is 5.78 Å². The van der Waals surface area contributed by atoms with E-state index in [2.05, 4.69) is 18.7 Å². The van der Waals surface area contributed by atoms with E-state index in [1.165, 1.54) is 29.4 Å². The van der Waals surface area contributed by atoms with Crippen LogP contribution in [0, 0.1) is 0 Å². The van der Waals surface area contributed by atoms with Gasteiger partial charge in [0.15, 0.2) is 11.5 Å². The fourth-order valence-corrected chi connectivity index (χ4v) is 4.03. The second-order valence-electron chi connectivity index (χ2n) is 7.43. The topological polar surface area (TPSA) is 94.2 Å². The van der Waals surface area contributed by atoms with Crippen molar-refractivity contribution in [3.8, 4) is 5.75 Å². The van der Waals surface area contributed by atoms with E-state index in [0.717, 1.165) is 18.8 Å². The van der Waals surface area contributed by atoms with Crippen LogP contribution in [-0.4, -0.2) is 35.0 Å². The van der Waals surface area contributed by atoms with E-state index in [1.807, 2.05) is 12.1 Å². The monoisotopic (exact) mass is 432 g/mol. The molecule has 164 valence electrons. The molecule has 2 aromatic carbocycles. The number of Topliss-reactive ketones (excluding diaryl/α,β-unsaturated/α-hetero) is 1. The maximum atomic E-state index is 13.2. The number of rotatable bonds is 7. The number of carbonyl (C=O) groups excluding carboxylic acids is 2. The molecule has 7 heteroatoms. The summed E-state index contributed by atoms with van der Waals surface area (Å²) in [5.74, 6) is -1.77. The second kappa shape index (κ2) is 8.63. The Balaban J connectivity index is 1.80. The van der Waals surface area contributed by atoms with Crippen molar-refractivity contribution >= 4 is 23.1 Å². The number of hydrogen-bond donors (Lipinski definition) is 2. The highest BCUT2D eigenvalue weighted by Crippen LogP contribution is 2.42. The van der Waals surface area contributed by atoms with Gasteiger partial charge in [0.1, 0.15) is 5.75 Å². The molecule has 2 N–H and O–H groups in total. The predicted octanol–water partition coefficient (Wildman–Crippen LogP) is 4.61. The first-order chi connectivity index (χ1) is 15.5. The van der Waals surface area contributed by atoms with Crippen LogP contribution in [0.4, 0.5) is 11.4 Å². The van der Waals surface area contributed by atoms with Gasteiger partial charge in [-0.2, -0.15) is 0 Å².